The lowest BCUT2D eigenvalue weighted by Crippen LogP contribution is -2.51. The summed E-state index contributed by atoms with van der Waals surface area (Å²) in [6.07, 6.45) is 3.43. The van der Waals surface area contributed by atoms with Crippen LogP contribution in [-0.4, -0.2) is 46.9 Å². The second-order valence-electron chi connectivity index (χ2n) is 4.49. The molecule has 2 atom stereocenters. The number of hydrogen-bond acceptors (Lipinski definition) is 4. The van der Waals surface area contributed by atoms with Crippen LogP contribution in [0.4, 0.5) is 4.79 Å². The highest BCUT2D eigenvalue weighted by Crippen LogP contribution is 2.34. The maximum absolute atomic E-state index is 11.6. The number of aliphatic hydroxyl groups is 1. The molecule has 0 aromatic rings. The van der Waals surface area contributed by atoms with E-state index in [-0.39, 0.29) is 18.2 Å². The maximum atomic E-state index is 11.6. The van der Waals surface area contributed by atoms with E-state index in [0.717, 1.165) is 5.57 Å². The SMILES string of the molecule is COC(=O)N1CC2=CC=C(O)CC2CC1C(=O)O. The Bertz CT molecular complexity index is 440. The fraction of sp³-hybridized carbons (Fsp3) is 0.500. The molecule has 98 valence electrons. The van der Waals surface area contributed by atoms with Crippen molar-refractivity contribution in [3.8, 4) is 0 Å². The summed E-state index contributed by atoms with van der Waals surface area (Å²) in [5, 5.41) is 18.6. The zero-order valence-corrected chi connectivity index (χ0v) is 10.00. The van der Waals surface area contributed by atoms with E-state index in [9.17, 15) is 14.7 Å². The van der Waals surface area contributed by atoms with Crippen LogP contribution in [-0.2, 0) is 9.53 Å². The summed E-state index contributed by atoms with van der Waals surface area (Å²) in [6.45, 7) is 0.234. The average molecular weight is 253 g/mol. The van der Waals surface area contributed by atoms with Crippen molar-refractivity contribution >= 4 is 12.1 Å². The van der Waals surface area contributed by atoms with E-state index in [4.69, 9.17) is 5.11 Å². The van der Waals surface area contributed by atoms with Crippen molar-refractivity contribution in [1.82, 2.24) is 4.90 Å². The van der Waals surface area contributed by atoms with Crippen LogP contribution in [0.25, 0.3) is 0 Å². The number of fused-ring (bicyclic) bond motifs is 1. The summed E-state index contributed by atoms with van der Waals surface area (Å²) in [4.78, 5) is 24.0. The van der Waals surface area contributed by atoms with Gasteiger partial charge in [0.05, 0.1) is 12.9 Å². The number of likely N-dealkylation sites (tertiary alicyclic amines) is 1. The van der Waals surface area contributed by atoms with Gasteiger partial charge in [-0.15, -0.1) is 0 Å². The lowest BCUT2D eigenvalue weighted by molar-refractivity contribution is -0.143. The molecule has 18 heavy (non-hydrogen) atoms. The molecule has 6 heteroatoms. The first-order valence-corrected chi connectivity index (χ1v) is 5.69. The number of hydrogen-bond donors (Lipinski definition) is 2. The maximum Gasteiger partial charge on any atom is 0.410 e. The molecule has 0 saturated carbocycles. The summed E-state index contributed by atoms with van der Waals surface area (Å²) in [6, 6.07) is -0.898. The number of methoxy groups -OCH3 is 1. The molecule has 0 spiro atoms. The fourth-order valence-corrected chi connectivity index (χ4v) is 2.45. The highest BCUT2D eigenvalue weighted by Gasteiger charge is 2.39. The van der Waals surface area contributed by atoms with Crippen LogP contribution in [0.2, 0.25) is 0 Å². The number of rotatable bonds is 1. The number of aliphatic hydroxyl groups excluding tert-OH is 1. The minimum absolute atomic E-state index is 0.0167. The zero-order valence-electron chi connectivity index (χ0n) is 10.00. The molecule has 1 amide bonds. The Morgan fingerprint density at radius 1 is 1.44 bits per heavy atom. The summed E-state index contributed by atoms with van der Waals surface area (Å²) in [7, 11) is 1.23. The monoisotopic (exact) mass is 253 g/mol. The third-order valence-electron chi connectivity index (χ3n) is 3.40. The number of aliphatic carboxylic acids is 1. The molecule has 1 fully saturated rings. The van der Waals surface area contributed by atoms with Gasteiger partial charge >= 0.3 is 12.1 Å². The third kappa shape index (κ3) is 2.18. The van der Waals surface area contributed by atoms with Crippen molar-refractivity contribution < 1.29 is 24.5 Å². The number of amides is 1. The summed E-state index contributed by atoms with van der Waals surface area (Å²) in [5.41, 5.74) is 0.954. The highest BCUT2D eigenvalue weighted by atomic mass is 16.5. The van der Waals surface area contributed by atoms with Gasteiger partial charge < -0.3 is 14.9 Å². The molecule has 0 radical (unpaired) electrons. The van der Waals surface area contributed by atoms with E-state index >= 15 is 0 Å². The van der Waals surface area contributed by atoms with Gasteiger partial charge in [0.15, 0.2) is 0 Å². The van der Waals surface area contributed by atoms with Crippen LogP contribution in [0.15, 0.2) is 23.5 Å². The zero-order chi connectivity index (χ0) is 13.3. The van der Waals surface area contributed by atoms with Gasteiger partial charge in [-0.3, -0.25) is 4.90 Å². The summed E-state index contributed by atoms with van der Waals surface area (Å²) < 4.78 is 4.60. The Balaban J connectivity index is 2.25. The van der Waals surface area contributed by atoms with Gasteiger partial charge in [0.2, 0.25) is 0 Å². The second kappa shape index (κ2) is 4.72. The van der Waals surface area contributed by atoms with Gasteiger partial charge in [0.25, 0.3) is 0 Å². The van der Waals surface area contributed by atoms with E-state index in [1.165, 1.54) is 12.0 Å². The number of carboxylic acids is 1. The number of carboxylic acid groups (broad SMARTS) is 1. The van der Waals surface area contributed by atoms with Gasteiger partial charge in [-0.1, -0.05) is 6.08 Å². The Kier molecular flexibility index (Phi) is 3.27. The van der Waals surface area contributed by atoms with Crippen molar-refractivity contribution in [3.05, 3.63) is 23.5 Å². The third-order valence-corrected chi connectivity index (χ3v) is 3.40. The molecule has 2 N–H and O–H groups in total. The smallest absolute Gasteiger partial charge is 0.410 e. The number of carbonyl (C=O) groups is 2. The molecule has 2 aliphatic rings. The minimum Gasteiger partial charge on any atom is -0.512 e. The molecule has 1 saturated heterocycles. The summed E-state index contributed by atoms with van der Waals surface area (Å²) >= 11 is 0. The Labute approximate surface area is 104 Å². The number of piperidine rings is 1. The molecule has 2 rings (SSSR count). The first-order valence-electron chi connectivity index (χ1n) is 5.69. The van der Waals surface area contributed by atoms with Crippen LogP contribution in [0, 0.1) is 5.92 Å². The van der Waals surface area contributed by atoms with E-state index in [2.05, 4.69) is 4.74 Å². The van der Waals surface area contributed by atoms with Crippen LogP contribution < -0.4 is 0 Å². The largest absolute Gasteiger partial charge is 0.512 e. The van der Waals surface area contributed by atoms with Crippen molar-refractivity contribution in [2.75, 3.05) is 13.7 Å². The van der Waals surface area contributed by atoms with Crippen molar-refractivity contribution in [2.24, 2.45) is 5.92 Å². The normalized spacial score (nSPS) is 26.8. The van der Waals surface area contributed by atoms with E-state index in [0.29, 0.717) is 12.8 Å². The molecule has 1 heterocycles. The molecule has 1 aliphatic heterocycles. The number of carbonyl (C=O) groups excluding carboxylic acids is 1. The van der Waals surface area contributed by atoms with Gasteiger partial charge in [-0.25, -0.2) is 9.59 Å². The lowest BCUT2D eigenvalue weighted by Gasteiger charge is -2.38. The number of nitrogens with zero attached hydrogens (tertiary/aromatic N) is 1. The van der Waals surface area contributed by atoms with Gasteiger partial charge in [0.1, 0.15) is 6.04 Å². The molecule has 0 aromatic heterocycles. The minimum atomic E-state index is -1.05. The van der Waals surface area contributed by atoms with Crippen LogP contribution >= 0.6 is 0 Å². The quantitative estimate of drug-likeness (QED) is 0.735. The topological polar surface area (TPSA) is 87.1 Å². The van der Waals surface area contributed by atoms with Crippen molar-refractivity contribution in [1.29, 1.82) is 0 Å². The predicted molar refractivity (Wildman–Crippen MR) is 62.1 cm³/mol. The van der Waals surface area contributed by atoms with Crippen molar-refractivity contribution in [2.45, 2.75) is 18.9 Å². The lowest BCUT2D eigenvalue weighted by atomic mass is 9.81. The number of allylic oxidation sites excluding steroid dienone is 3. The first kappa shape index (κ1) is 12.5. The highest BCUT2D eigenvalue weighted by molar-refractivity contribution is 5.80. The van der Waals surface area contributed by atoms with Gasteiger partial charge in [-0.2, -0.15) is 0 Å². The van der Waals surface area contributed by atoms with E-state index in [1.54, 1.807) is 12.2 Å². The van der Waals surface area contributed by atoms with Crippen LogP contribution in [0.1, 0.15) is 12.8 Å². The predicted octanol–water partition coefficient (Wildman–Crippen LogP) is 1.30. The molecule has 0 bridgehead atoms. The van der Waals surface area contributed by atoms with Gasteiger partial charge in [-0.05, 0) is 24.0 Å². The fourth-order valence-electron chi connectivity index (χ4n) is 2.45. The van der Waals surface area contributed by atoms with E-state index < -0.39 is 18.1 Å². The Morgan fingerprint density at radius 3 is 2.78 bits per heavy atom. The average Bonchev–Trinajstić information content (AvgIpc) is 2.36. The van der Waals surface area contributed by atoms with Crippen molar-refractivity contribution in [3.63, 3.8) is 0 Å². The Morgan fingerprint density at radius 2 is 2.17 bits per heavy atom. The first-order chi connectivity index (χ1) is 8.52. The molecule has 0 aromatic carbocycles. The molecule has 1 aliphatic carbocycles. The molecule has 6 nitrogen and oxygen atoms in total. The van der Waals surface area contributed by atoms with Crippen LogP contribution in [0.5, 0.6) is 0 Å². The summed E-state index contributed by atoms with van der Waals surface area (Å²) in [5.74, 6) is -0.815. The second-order valence-corrected chi connectivity index (χ2v) is 4.49. The molecular weight excluding hydrogens is 238 g/mol. The van der Waals surface area contributed by atoms with Gasteiger partial charge in [0, 0.05) is 13.0 Å². The Hall–Kier alpha value is -1.98. The molecular formula is C12H15NO5. The standard InChI is InChI=1S/C12H15NO5/c1-18-12(17)13-6-7-2-3-9(14)4-8(7)5-10(13)11(15)16/h2-3,8,10,14H,4-6H2,1H3,(H,15,16). The molecule has 2 unspecified atom stereocenters. The van der Waals surface area contributed by atoms with E-state index in [1.807, 2.05) is 0 Å². The number of ether oxygens (including phenoxy) is 1. The van der Waals surface area contributed by atoms with Crippen LogP contribution in [0.3, 0.4) is 0 Å².